The molecule has 3 N–H and O–H groups in total. The summed E-state index contributed by atoms with van der Waals surface area (Å²) in [4.78, 5) is 25.1. The van der Waals surface area contributed by atoms with Gasteiger partial charge in [0.15, 0.2) is 17.3 Å². The number of carbonyl (C=O) groups is 2. The van der Waals surface area contributed by atoms with E-state index in [-0.39, 0.29) is 23.7 Å². The molecule has 2 heterocycles. The second kappa shape index (κ2) is 6.66. The maximum absolute atomic E-state index is 13.8. The number of Topliss-reactive ketones (excluding diaryl/α,β-unsaturated/α-hetero) is 1. The molecule has 0 aromatic heterocycles. The van der Waals surface area contributed by atoms with E-state index in [1.54, 1.807) is 6.07 Å². The molecule has 1 fully saturated rings. The van der Waals surface area contributed by atoms with Gasteiger partial charge >= 0.3 is 12.2 Å². The Kier molecular flexibility index (Phi) is 4.38. The highest BCUT2D eigenvalue weighted by atomic mass is 19.4. The number of hydrogen-bond donors (Lipinski definition) is 3. The molecule has 1 saturated heterocycles. The number of nitrogens with one attached hydrogen (secondary N) is 2. The van der Waals surface area contributed by atoms with Gasteiger partial charge in [-0.15, -0.1) is 0 Å². The van der Waals surface area contributed by atoms with Crippen LogP contribution in [0.25, 0.3) is 0 Å². The second-order valence-corrected chi connectivity index (χ2v) is 6.66. The van der Waals surface area contributed by atoms with E-state index in [2.05, 4.69) is 5.32 Å². The molecule has 2 aromatic carbocycles. The summed E-state index contributed by atoms with van der Waals surface area (Å²) in [7, 11) is 0. The van der Waals surface area contributed by atoms with E-state index >= 15 is 0 Å². The predicted octanol–water partition coefficient (Wildman–Crippen LogP) is 2.52. The molecule has 0 aliphatic carbocycles. The minimum atomic E-state index is -5.31. The number of amides is 2. The van der Waals surface area contributed by atoms with Gasteiger partial charge in [0.2, 0.25) is 12.5 Å². The van der Waals surface area contributed by atoms with Crippen molar-refractivity contribution in [3.05, 3.63) is 59.7 Å². The summed E-state index contributed by atoms with van der Waals surface area (Å²) in [6, 6.07) is 8.77. The highest BCUT2D eigenvalue weighted by Gasteiger charge is 2.66. The Morgan fingerprint density at radius 2 is 1.79 bits per heavy atom. The molecular formula is C19H15F3N2O5. The first-order valence-electron chi connectivity index (χ1n) is 8.57. The number of fused-ring (bicyclic) bond motifs is 1. The predicted molar refractivity (Wildman–Crippen MR) is 92.2 cm³/mol. The van der Waals surface area contributed by atoms with Crippen LogP contribution in [0, 0.1) is 5.92 Å². The molecule has 0 bridgehead atoms. The summed E-state index contributed by atoms with van der Waals surface area (Å²) >= 11 is 0. The number of halogens is 3. The second-order valence-electron chi connectivity index (χ2n) is 6.66. The van der Waals surface area contributed by atoms with E-state index in [9.17, 15) is 27.9 Å². The first-order chi connectivity index (χ1) is 13.7. The Labute approximate surface area is 162 Å². The van der Waals surface area contributed by atoms with Crippen molar-refractivity contribution in [1.82, 2.24) is 10.6 Å². The number of urea groups is 1. The smallest absolute Gasteiger partial charge is 0.437 e. The molecule has 0 saturated carbocycles. The van der Waals surface area contributed by atoms with Crippen molar-refractivity contribution >= 4 is 11.8 Å². The Balaban J connectivity index is 1.84. The van der Waals surface area contributed by atoms with Crippen molar-refractivity contribution in [1.29, 1.82) is 0 Å². The summed E-state index contributed by atoms with van der Waals surface area (Å²) in [6.07, 6.45) is -5.31. The van der Waals surface area contributed by atoms with Gasteiger partial charge in [-0.2, -0.15) is 13.2 Å². The fourth-order valence-electron chi connectivity index (χ4n) is 3.51. The first kappa shape index (κ1) is 19.1. The molecule has 3 atom stereocenters. The van der Waals surface area contributed by atoms with Crippen LogP contribution in [0.2, 0.25) is 0 Å². The van der Waals surface area contributed by atoms with E-state index in [1.165, 1.54) is 47.8 Å². The molecule has 0 radical (unpaired) electrons. The highest BCUT2D eigenvalue weighted by molar-refractivity contribution is 6.00. The van der Waals surface area contributed by atoms with Gasteiger partial charge in [-0.25, -0.2) is 4.79 Å². The zero-order valence-corrected chi connectivity index (χ0v) is 14.7. The third-order valence-electron chi connectivity index (χ3n) is 4.90. The molecule has 0 unspecified atom stereocenters. The van der Waals surface area contributed by atoms with Gasteiger partial charge in [0.05, 0.1) is 6.04 Å². The van der Waals surface area contributed by atoms with E-state index in [4.69, 9.17) is 9.47 Å². The fourth-order valence-corrected chi connectivity index (χ4v) is 3.51. The molecule has 2 aliphatic heterocycles. The Morgan fingerprint density at radius 3 is 2.48 bits per heavy atom. The molecule has 0 spiro atoms. The van der Waals surface area contributed by atoms with Crippen LogP contribution in [0.3, 0.4) is 0 Å². The minimum Gasteiger partial charge on any atom is -0.454 e. The number of alkyl halides is 3. The average molecular weight is 408 g/mol. The standard InChI is InChI=1S/C19H15F3N2O5/c20-19(21,22)18(27)14(16(25)10-4-2-1-3-5-10)15(23-17(26)24-18)11-6-7-12-13(8-11)29-9-28-12/h1-8,14-15,27H,9H2,(H2,23,24,26)/t14-,15-,18-/m0/s1. The van der Waals surface area contributed by atoms with Crippen molar-refractivity contribution in [3.63, 3.8) is 0 Å². The van der Waals surface area contributed by atoms with Crippen LogP contribution in [-0.4, -0.2) is 35.6 Å². The number of benzene rings is 2. The van der Waals surface area contributed by atoms with Crippen LogP contribution >= 0.6 is 0 Å². The van der Waals surface area contributed by atoms with E-state index in [0.29, 0.717) is 5.75 Å². The Morgan fingerprint density at radius 1 is 1.10 bits per heavy atom. The van der Waals surface area contributed by atoms with Crippen molar-refractivity contribution < 1.29 is 37.3 Å². The largest absolute Gasteiger partial charge is 0.454 e. The van der Waals surface area contributed by atoms with Crippen LogP contribution in [0.5, 0.6) is 11.5 Å². The van der Waals surface area contributed by atoms with Gasteiger partial charge in [-0.05, 0) is 17.7 Å². The first-order valence-corrected chi connectivity index (χ1v) is 8.57. The van der Waals surface area contributed by atoms with E-state index in [1.807, 2.05) is 0 Å². The summed E-state index contributed by atoms with van der Waals surface area (Å²) in [5.74, 6) is -2.44. The Hall–Kier alpha value is -3.27. The highest BCUT2D eigenvalue weighted by Crippen LogP contribution is 2.45. The van der Waals surface area contributed by atoms with Gasteiger partial charge in [0.1, 0.15) is 5.92 Å². The van der Waals surface area contributed by atoms with Gasteiger partial charge in [-0.1, -0.05) is 36.4 Å². The maximum atomic E-state index is 13.8. The summed E-state index contributed by atoms with van der Waals surface area (Å²) in [5, 5.41) is 14.3. The van der Waals surface area contributed by atoms with Gasteiger partial charge in [-0.3, -0.25) is 4.79 Å². The van der Waals surface area contributed by atoms with Crippen molar-refractivity contribution in [2.45, 2.75) is 17.9 Å². The zero-order valence-electron chi connectivity index (χ0n) is 14.7. The molecule has 2 aromatic rings. The number of ether oxygens (including phenoxy) is 2. The van der Waals surface area contributed by atoms with Crippen LogP contribution in [-0.2, 0) is 0 Å². The zero-order chi connectivity index (χ0) is 20.8. The minimum absolute atomic E-state index is 0.0381. The molecule has 4 rings (SSSR count). The number of hydrogen-bond acceptors (Lipinski definition) is 5. The lowest BCUT2D eigenvalue weighted by molar-refractivity contribution is -0.287. The van der Waals surface area contributed by atoms with Gasteiger partial charge < -0.3 is 25.2 Å². The molecule has 152 valence electrons. The van der Waals surface area contributed by atoms with Gasteiger partial charge in [0, 0.05) is 5.56 Å². The molecular weight excluding hydrogens is 393 g/mol. The lowest BCUT2D eigenvalue weighted by atomic mass is 9.77. The molecule has 2 amide bonds. The monoisotopic (exact) mass is 408 g/mol. The van der Waals surface area contributed by atoms with E-state index in [0.717, 1.165) is 0 Å². The topological polar surface area (TPSA) is 96.9 Å². The normalized spacial score (nSPS) is 25.9. The lowest BCUT2D eigenvalue weighted by Gasteiger charge is -2.45. The third-order valence-corrected chi connectivity index (χ3v) is 4.90. The van der Waals surface area contributed by atoms with Gasteiger partial charge in [0.25, 0.3) is 0 Å². The van der Waals surface area contributed by atoms with Crippen LogP contribution in [0.1, 0.15) is 22.0 Å². The summed E-state index contributed by atoms with van der Waals surface area (Å²) in [5.41, 5.74) is -3.66. The number of carbonyl (C=O) groups excluding carboxylic acids is 2. The van der Waals surface area contributed by atoms with Crippen LogP contribution in [0.15, 0.2) is 48.5 Å². The van der Waals surface area contributed by atoms with Crippen LogP contribution in [0.4, 0.5) is 18.0 Å². The average Bonchev–Trinajstić information content (AvgIpc) is 3.14. The summed E-state index contributed by atoms with van der Waals surface area (Å²) in [6.45, 7) is -0.0593. The van der Waals surface area contributed by atoms with E-state index < -0.39 is 35.7 Å². The molecule has 29 heavy (non-hydrogen) atoms. The number of aliphatic hydroxyl groups is 1. The quantitative estimate of drug-likeness (QED) is 0.679. The van der Waals surface area contributed by atoms with Crippen molar-refractivity contribution in [2.75, 3.05) is 6.79 Å². The fraction of sp³-hybridized carbons (Fsp3) is 0.263. The summed E-state index contributed by atoms with van der Waals surface area (Å²) < 4.78 is 52.0. The molecule has 2 aliphatic rings. The van der Waals surface area contributed by atoms with Crippen molar-refractivity contribution in [2.24, 2.45) is 5.92 Å². The Bertz CT molecular complexity index is 966. The number of ketones is 1. The number of rotatable bonds is 3. The lowest BCUT2D eigenvalue weighted by Crippen LogP contribution is -2.72. The SMILES string of the molecule is O=C1N[C@@H](c2ccc3c(c2)OCO3)[C@@H](C(=O)c2ccccc2)[C@](O)(C(F)(F)F)N1. The van der Waals surface area contributed by atoms with Crippen molar-refractivity contribution in [3.8, 4) is 11.5 Å². The molecule has 10 heteroatoms. The third kappa shape index (κ3) is 3.15. The maximum Gasteiger partial charge on any atom is 0.437 e. The van der Waals surface area contributed by atoms with Crippen LogP contribution < -0.4 is 20.1 Å². The molecule has 7 nitrogen and oxygen atoms in total.